The van der Waals surface area contributed by atoms with Crippen LogP contribution in [0.2, 0.25) is 0 Å². The number of rotatable bonds is 5. The molecule has 1 N–H and O–H groups in total. The van der Waals surface area contributed by atoms with Crippen molar-refractivity contribution in [1.82, 2.24) is 0 Å². The molecule has 0 bridgehead atoms. The minimum atomic E-state index is -0.759. The van der Waals surface area contributed by atoms with Gasteiger partial charge in [0.15, 0.2) is 0 Å². The normalized spacial score (nSPS) is 19.2. The zero-order valence-corrected chi connectivity index (χ0v) is 9.71. The van der Waals surface area contributed by atoms with Crippen LogP contribution in [0.15, 0.2) is 30.3 Å². The van der Waals surface area contributed by atoms with E-state index in [0.29, 0.717) is 19.2 Å². The van der Waals surface area contributed by atoms with E-state index < -0.39 is 5.97 Å². The number of carboxylic acids is 1. The first-order chi connectivity index (χ1) is 8.27. The Hall–Kier alpha value is -1.55. The van der Waals surface area contributed by atoms with Gasteiger partial charge in [0, 0.05) is 18.8 Å². The van der Waals surface area contributed by atoms with Gasteiger partial charge in [-0.25, -0.2) is 0 Å². The van der Waals surface area contributed by atoms with Crippen LogP contribution in [0.25, 0.3) is 0 Å². The smallest absolute Gasteiger partial charge is 0.305 e. The van der Waals surface area contributed by atoms with E-state index in [0.717, 1.165) is 18.7 Å². The molecule has 1 aliphatic heterocycles. The van der Waals surface area contributed by atoms with Gasteiger partial charge in [0.25, 0.3) is 0 Å². The molecule has 0 aromatic heterocycles. The molecule has 1 heterocycles. The average Bonchev–Trinajstić information content (AvgIpc) is 2.84. The number of para-hydroxylation sites is 1. The second kappa shape index (κ2) is 5.68. The third kappa shape index (κ3) is 3.20. The van der Waals surface area contributed by atoms with Crippen LogP contribution < -0.4 is 4.90 Å². The molecule has 4 heteroatoms. The number of ether oxygens (including phenoxy) is 1. The molecular weight excluding hydrogens is 218 g/mol. The van der Waals surface area contributed by atoms with Crippen LogP contribution >= 0.6 is 0 Å². The van der Waals surface area contributed by atoms with Crippen molar-refractivity contribution in [2.24, 2.45) is 0 Å². The first kappa shape index (κ1) is 11.9. The number of carboxylic acid groups (broad SMARTS) is 1. The highest BCUT2D eigenvalue weighted by Gasteiger charge is 2.23. The molecule has 1 fully saturated rings. The van der Waals surface area contributed by atoms with Crippen molar-refractivity contribution in [3.63, 3.8) is 0 Å². The summed E-state index contributed by atoms with van der Waals surface area (Å²) in [6.07, 6.45) is 1.12. The Bertz CT molecular complexity index is 360. The summed E-state index contributed by atoms with van der Waals surface area (Å²) in [5, 5.41) is 8.79. The van der Waals surface area contributed by atoms with Gasteiger partial charge in [0.05, 0.1) is 19.1 Å². The van der Waals surface area contributed by atoms with E-state index in [-0.39, 0.29) is 6.42 Å². The van der Waals surface area contributed by atoms with Crippen molar-refractivity contribution in [2.75, 3.05) is 24.7 Å². The van der Waals surface area contributed by atoms with Crippen molar-refractivity contribution in [3.8, 4) is 0 Å². The molecule has 0 amide bonds. The average molecular weight is 235 g/mol. The Morgan fingerprint density at radius 2 is 2.18 bits per heavy atom. The van der Waals surface area contributed by atoms with Gasteiger partial charge in [0.2, 0.25) is 0 Å². The fourth-order valence-corrected chi connectivity index (χ4v) is 2.13. The molecule has 92 valence electrons. The van der Waals surface area contributed by atoms with Gasteiger partial charge in [-0.05, 0) is 18.6 Å². The van der Waals surface area contributed by atoms with E-state index in [9.17, 15) is 4.79 Å². The van der Waals surface area contributed by atoms with E-state index in [4.69, 9.17) is 9.84 Å². The fraction of sp³-hybridized carbons (Fsp3) is 0.462. The molecule has 0 spiro atoms. The number of carbonyl (C=O) groups is 1. The Balaban J connectivity index is 2.08. The first-order valence-corrected chi connectivity index (χ1v) is 5.88. The van der Waals surface area contributed by atoms with Gasteiger partial charge in [-0.15, -0.1) is 0 Å². The Morgan fingerprint density at radius 3 is 2.76 bits per heavy atom. The summed E-state index contributed by atoms with van der Waals surface area (Å²) in [7, 11) is 0. The van der Waals surface area contributed by atoms with E-state index in [1.165, 1.54) is 0 Å². The summed E-state index contributed by atoms with van der Waals surface area (Å²) >= 11 is 0. The van der Waals surface area contributed by atoms with E-state index in [1.807, 2.05) is 30.3 Å². The summed E-state index contributed by atoms with van der Waals surface area (Å²) in [6.45, 7) is 1.99. The van der Waals surface area contributed by atoms with Crippen LogP contribution in [0.3, 0.4) is 0 Å². The highest BCUT2D eigenvalue weighted by molar-refractivity contribution is 5.67. The minimum Gasteiger partial charge on any atom is -0.481 e. The molecule has 1 atom stereocenters. The molecule has 4 nitrogen and oxygen atoms in total. The van der Waals surface area contributed by atoms with Crippen LogP contribution in [-0.4, -0.2) is 36.9 Å². The molecule has 17 heavy (non-hydrogen) atoms. The molecule has 1 aromatic rings. The van der Waals surface area contributed by atoms with Crippen LogP contribution in [0, 0.1) is 0 Å². The number of nitrogens with zero attached hydrogens (tertiary/aromatic N) is 1. The summed E-state index contributed by atoms with van der Waals surface area (Å²) in [5.41, 5.74) is 1.07. The van der Waals surface area contributed by atoms with Gasteiger partial charge >= 0.3 is 5.97 Å². The van der Waals surface area contributed by atoms with Crippen molar-refractivity contribution >= 4 is 11.7 Å². The lowest BCUT2D eigenvalue weighted by atomic mass is 10.1. The fourth-order valence-electron chi connectivity index (χ4n) is 2.13. The highest BCUT2D eigenvalue weighted by Crippen LogP contribution is 2.21. The summed E-state index contributed by atoms with van der Waals surface area (Å²) in [4.78, 5) is 12.8. The lowest BCUT2D eigenvalue weighted by molar-refractivity contribution is -0.136. The predicted molar refractivity (Wildman–Crippen MR) is 65.3 cm³/mol. The molecule has 0 radical (unpaired) electrons. The van der Waals surface area contributed by atoms with Gasteiger partial charge in [-0.2, -0.15) is 0 Å². The number of benzene rings is 1. The monoisotopic (exact) mass is 235 g/mol. The first-order valence-electron chi connectivity index (χ1n) is 5.88. The zero-order valence-electron chi connectivity index (χ0n) is 9.71. The number of aliphatic carboxylic acids is 1. The molecular formula is C13H17NO3. The summed E-state index contributed by atoms with van der Waals surface area (Å²) in [6, 6.07) is 10.2. The van der Waals surface area contributed by atoms with Crippen LogP contribution in [0.5, 0.6) is 0 Å². The zero-order chi connectivity index (χ0) is 12.1. The van der Waals surface area contributed by atoms with E-state index >= 15 is 0 Å². The van der Waals surface area contributed by atoms with Crippen molar-refractivity contribution in [2.45, 2.75) is 18.9 Å². The SMILES string of the molecule is O=C(O)CCN(c1ccccc1)C1CCOC1. The predicted octanol–water partition coefficient (Wildman–Crippen LogP) is 1.76. The van der Waals surface area contributed by atoms with E-state index in [2.05, 4.69) is 4.90 Å². The molecule has 0 aliphatic carbocycles. The second-order valence-corrected chi connectivity index (χ2v) is 4.19. The Kier molecular flexibility index (Phi) is 3.98. The molecule has 1 aromatic carbocycles. The van der Waals surface area contributed by atoms with Crippen LogP contribution in [0.4, 0.5) is 5.69 Å². The Labute approximate surface area is 101 Å². The number of hydrogen-bond donors (Lipinski definition) is 1. The molecule has 1 aliphatic rings. The molecule has 1 saturated heterocycles. The van der Waals surface area contributed by atoms with Gasteiger partial charge in [0.1, 0.15) is 0 Å². The number of hydrogen-bond acceptors (Lipinski definition) is 3. The largest absolute Gasteiger partial charge is 0.481 e. The van der Waals surface area contributed by atoms with Gasteiger partial charge < -0.3 is 14.7 Å². The van der Waals surface area contributed by atoms with Crippen LogP contribution in [0.1, 0.15) is 12.8 Å². The molecule has 2 rings (SSSR count). The molecule has 1 unspecified atom stereocenters. The third-order valence-electron chi connectivity index (χ3n) is 3.00. The van der Waals surface area contributed by atoms with Gasteiger partial charge in [-0.1, -0.05) is 18.2 Å². The summed E-state index contributed by atoms with van der Waals surface area (Å²) in [5.74, 6) is -0.759. The Morgan fingerprint density at radius 1 is 1.41 bits per heavy atom. The second-order valence-electron chi connectivity index (χ2n) is 4.19. The van der Waals surface area contributed by atoms with E-state index in [1.54, 1.807) is 0 Å². The number of anilines is 1. The van der Waals surface area contributed by atoms with Gasteiger partial charge in [-0.3, -0.25) is 4.79 Å². The highest BCUT2D eigenvalue weighted by atomic mass is 16.5. The third-order valence-corrected chi connectivity index (χ3v) is 3.00. The quantitative estimate of drug-likeness (QED) is 0.844. The lowest BCUT2D eigenvalue weighted by Gasteiger charge is -2.29. The van der Waals surface area contributed by atoms with Crippen LogP contribution in [-0.2, 0) is 9.53 Å². The van der Waals surface area contributed by atoms with Crippen molar-refractivity contribution < 1.29 is 14.6 Å². The maximum absolute atomic E-state index is 10.7. The maximum Gasteiger partial charge on any atom is 0.305 e. The standard InChI is InChI=1S/C13H17NO3/c15-13(16)6-8-14(12-7-9-17-10-12)11-4-2-1-3-5-11/h1-5,12H,6-10H2,(H,15,16). The lowest BCUT2D eigenvalue weighted by Crippen LogP contribution is -2.37. The minimum absolute atomic E-state index is 0.158. The van der Waals surface area contributed by atoms with Crippen molar-refractivity contribution in [3.05, 3.63) is 30.3 Å². The summed E-state index contributed by atoms with van der Waals surface area (Å²) < 4.78 is 5.38. The topological polar surface area (TPSA) is 49.8 Å². The molecule has 0 saturated carbocycles. The van der Waals surface area contributed by atoms with Crippen molar-refractivity contribution in [1.29, 1.82) is 0 Å². The maximum atomic E-state index is 10.7.